The van der Waals surface area contributed by atoms with E-state index in [1.54, 1.807) is 0 Å². The van der Waals surface area contributed by atoms with Gasteiger partial charge in [0.1, 0.15) is 6.54 Å². The molecule has 2 aliphatic heterocycles. The second-order valence-corrected chi connectivity index (χ2v) is 5.68. The minimum Gasteiger partial charge on any atom is -0.354 e. The predicted octanol–water partition coefficient (Wildman–Crippen LogP) is 3.80. The van der Waals surface area contributed by atoms with Crippen LogP contribution in [0.4, 0.5) is 11.4 Å². The molecule has 1 aromatic heterocycles. The molecule has 0 amide bonds. The van der Waals surface area contributed by atoms with Crippen LogP contribution in [0, 0.1) is 0 Å². The molecular weight excluding hydrogens is 244 g/mol. The molecule has 1 N–H and O–H groups in total. The first kappa shape index (κ1) is 10.4. The Labute approximate surface area is 117 Å². The first-order chi connectivity index (χ1) is 9.92. The van der Waals surface area contributed by atoms with Gasteiger partial charge in [0.15, 0.2) is 5.69 Å². The highest BCUT2D eigenvalue weighted by Crippen LogP contribution is 2.42. The highest BCUT2D eigenvalue weighted by Gasteiger charge is 2.31. The minimum absolute atomic E-state index is 1.14. The standard InChI is InChI=1S/C18H14N2/c1-2-8-15-14(7-1)18-17-12(5-3-9-16(17)19-15)11-13-6-4-10-20(13)18/h1-3,5,7-9,11H,4,6,10H2/p+1. The minimum atomic E-state index is 1.14. The Kier molecular flexibility index (Phi) is 1.88. The van der Waals surface area contributed by atoms with Gasteiger partial charge in [-0.2, -0.15) is 4.57 Å². The van der Waals surface area contributed by atoms with Crippen LogP contribution in [0.1, 0.15) is 12.1 Å². The molecule has 96 valence electrons. The highest BCUT2D eigenvalue weighted by molar-refractivity contribution is 6.08. The number of fused-ring (bicyclic) bond motifs is 4. The van der Waals surface area contributed by atoms with E-state index in [1.165, 1.54) is 51.9 Å². The number of aryl methyl sites for hydroxylation is 1. The number of benzene rings is 2. The average Bonchev–Trinajstić information content (AvgIpc) is 2.95. The van der Waals surface area contributed by atoms with Crippen LogP contribution in [0.5, 0.6) is 0 Å². The van der Waals surface area contributed by atoms with Gasteiger partial charge < -0.3 is 5.32 Å². The van der Waals surface area contributed by atoms with Crippen LogP contribution >= 0.6 is 0 Å². The van der Waals surface area contributed by atoms with E-state index in [0.29, 0.717) is 0 Å². The molecule has 20 heavy (non-hydrogen) atoms. The van der Waals surface area contributed by atoms with Crippen molar-refractivity contribution >= 4 is 22.1 Å². The van der Waals surface area contributed by atoms with Crippen LogP contribution in [-0.2, 0) is 13.0 Å². The maximum Gasteiger partial charge on any atom is 0.224 e. The van der Waals surface area contributed by atoms with Crippen molar-refractivity contribution in [3.8, 4) is 11.3 Å². The molecule has 2 nitrogen and oxygen atoms in total. The van der Waals surface area contributed by atoms with Crippen LogP contribution < -0.4 is 9.88 Å². The lowest BCUT2D eigenvalue weighted by molar-refractivity contribution is -0.678. The Morgan fingerprint density at radius 1 is 0.950 bits per heavy atom. The number of nitrogens with zero attached hydrogens (tertiary/aromatic N) is 1. The van der Waals surface area contributed by atoms with E-state index < -0.39 is 0 Å². The zero-order valence-electron chi connectivity index (χ0n) is 11.2. The number of para-hydroxylation sites is 1. The third kappa shape index (κ3) is 1.21. The average molecular weight is 259 g/mol. The normalized spacial score (nSPS) is 14.8. The number of aromatic nitrogens is 1. The zero-order chi connectivity index (χ0) is 13.1. The Morgan fingerprint density at radius 2 is 1.85 bits per heavy atom. The third-order valence-electron chi connectivity index (χ3n) is 4.54. The fourth-order valence-electron chi connectivity index (χ4n) is 3.70. The molecule has 0 atom stereocenters. The summed E-state index contributed by atoms with van der Waals surface area (Å²) < 4.78 is 2.52. The summed E-state index contributed by atoms with van der Waals surface area (Å²) >= 11 is 0. The Balaban J connectivity index is 2.03. The molecule has 3 aromatic rings. The molecule has 0 bridgehead atoms. The fraction of sp³-hybridized carbons (Fsp3) is 0.167. The van der Waals surface area contributed by atoms with Gasteiger partial charge in [-0.1, -0.05) is 24.3 Å². The number of hydrogen-bond donors (Lipinski definition) is 1. The molecule has 0 saturated carbocycles. The monoisotopic (exact) mass is 259 g/mol. The van der Waals surface area contributed by atoms with Crippen molar-refractivity contribution in [3.05, 3.63) is 54.2 Å². The SMILES string of the molecule is c1ccc2c(c1)Nc1cccc3cc4[n+](c-2c13)CCC4. The molecule has 2 aliphatic rings. The maximum atomic E-state index is 3.58. The smallest absolute Gasteiger partial charge is 0.224 e. The molecule has 0 saturated heterocycles. The van der Waals surface area contributed by atoms with Crippen LogP contribution in [0.3, 0.4) is 0 Å². The van der Waals surface area contributed by atoms with Crippen molar-refractivity contribution in [2.24, 2.45) is 0 Å². The van der Waals surface area contributed by atoms with Gasteiger partial charge in [-0.15, -0.1) is 0 Å². The van der Waals surface area contributed by atoms with Crippen molar-refractivity contribution in [1.82, 2.24) is 0 Å². The predicted molar refractivity (Wildman–Crippen MR) is 81.2 cm³/mol. The number of hydrogen-bond acceptors (Lipinski definition) is 1. The van der Waals surface area contributed by atoms with E-state index >= 15 is 0 Å². The molecule has 2 aromatic carbocycles. The fourth-order valence-corrected chi connectivity index (χ4v) is 3.70. The largest absolute Gasteiger partial charge is 0.354 e. The number of pyridine rings is 1. The van der Waals surface area contributed by atoms with Gasteiger partial charge in [0, 0.05) is 18.9 Å². The number of anilines is 2. The highest BCUT2D eigenvalue weighted by atomic mass is 15.0. The van der Waals surface area contributed by atoms with Crippen LogP contribution in [0.15, 0.2) is 48.5 Å². The second kappa shape index (κ2) is 3.60. The lowest BCUT2D eigenvalue weighted by atomic mass is 9.96. The molecule has 0 radical (unpaired) electrons. The summed E-state index contributed by atoms with van der Waals surface area (Å²) in [6, 6.07) is 17.6. The van der Waals surface area contributed by atoms with Gasteiger partial charge >= 0.3 is 0 Å². The number of rotatable bonds is 0. The van der Waals surface area contributed by atoms with Gasteiger partial charge in [-0.25, -0.2) is 0 Å². The molecular formula is C18H15N2+. The summed E-state index contributed by atoms with van der Waals surface area (Å²) in [7, 11) is 0. The van der Waals surface area contributed by atoms with Gasteiger partial charge in [-0.05, 0) is 23.6 Å². The quantitative estimate of drug-likeness (QED) is 0.475. The van der Waals surface area contributed by atoms with Gasteiger partial charge in [0.05, 0.1) is 22.3 Å². The summed E-state index contributed by atoms with van der Waals surface area (Å²) in [5.74, 6) is 0. The second-order valence-electron chi connectivity index (χ2n) is 5.68. The van der Waals surface area contributed by atoms with Crippen molar-refractivity contribution in [1.29, 1.82) is 0 Å². The zero-order valence-corrected chi connectivity index (χ0v) is 11.2. The molecule has 0 fully saturated rings. The van der Waals surface area contributed by atoms with Crippen molar-refractivity contribution in [2.45, 2.75) is 19.4 Å². The maximum absolute atomic E-state index is 3.58. The summed E-state index contributed by atoms with van der Waals surface area (Å²) in [5.41, 5.74) is 6.67. The van der Waals surface area contributed by atoms with Crippen molar-refractivity contribution < 1.29 is 4.57 Å². The Hall–Kier alpha value is -2.35. The molecule has 3 heterocycles. The summed E-state index contributed by atoms with van der Waals surface area (Å²) in [5, 5.41) is 6.31. The van der Waals surface area contributed by atoms with Gasteiger partial charge in [0.2, 0.25) is 5.69 Å². The molecule has 5 rings (SSSR count). The van der Waals surface area contributed by atoms with E-state index in [1.807, 2.05) is 0 Å². The van der Waals surface area contributed by atoms with E-state index in [4.69, 9.17) is 0 Å². The van der Waals surface area contributed by atoms with E-state index in [2.05, 4.69) is 58.4 Å². The molecule has 2 heteroatoms. The van der Waals surface area contributed by atoms with Gasteiger partial charge in [-0.3, -0.25) is 0 Å². The lowest BCUT2D eigenvalue weighted by Gasteiger charge is -2.20. The van der Waals surface area contributed by atoms with Crippen LogP contribution in [-0.4, -0.2) is 0 Å². The molecule has 0 aliphatic carbocycles. The lowest BCUT2D eigenvalue weighted by Crippen LogP contribution is -2.36. The first-order valence-corrected chi connectivity index (χ1v) is 7.27. The van der Waals surface area contributed by atoms with Crippen LogP contribution in [0.25, 0.3) is 22.0 Å². The Morgan fingerprint density at radius 3 is 2.85 bits per heavy atom. The summed E-state index contributed by atoms with van der Waals surface area (Å²) in [6.07, 6.45) is 2.46. The third-order valence-corrected chi connectivity index (χ3v) is 4.54. The number of nitrogens with one attached hydrogen (secondary N) is 1. The van der Waals surface area contributed by atoms with Gasteiger partial charge in [0.25, 0.3) is 0 Å². The van der Waals surface area contributed by atoms with E-state index in [-0.39, 0.29) is 0 Å². The Bertz CT molecular complexity index is 865. The van der Waals surface area contributed by atoms with Crippen molar-refractivity contribution in [2.75, 3.05) is 5.32 Å². The molecule has 0 unspecified atom stereocenters. The van der Waals surface area contributed by atoms with Crippen molar-refractivity contribution in [3.63, 3.8) is 0 Å². The summed E-state index contributed by atoms with van der Waals surface area (Å²) in [4.78, 5) is 0. The topological polar surface area (TPSA) is 15.9 Å². The first-order valence-electron chi connectivity index (χ1n) is 7.27. The van der Waals surface area contributed by atoms with Crippen LogP contribution in [0.2, 0.25) is 0 Å². The summed E-state index contributed by atoms with van der Waals surface area (Å²) in [6.45, 7) is 1.14. The molecule has 0 spiro atoms. The van der Waals surface area contributed by atoms with E-state index in [9.17, 15) is 0 Å². The van der Waals surface area contributed by atoms with E-state index in [0.717, 1.165) is 6.54 Å².